The average Bonchev–Trinajstić information content (AvgIpc) is 1.77. The zero-order valence-electron chi connectivity index (χ0n) is 69.5. The molecule has 0 radical (unpaired) electrons. The third-order valence-electron chi connectivity index (χ3n) is 20.2. The third kappa shape index (κ3) is 32.2. The summed E-state index contributed by atoms with van der Waals surface area (Å²) in [7, 11) is 0. The summed E-state index contributed by atoms with van der Waals surface area (Å²) in [5.41, 5.74) is 29.8. The van der Waals surface area contributed by atoms with Crippen LogP contribution in [0.15, 0.2) is 140 Å². The van der Waals surface area contributed by atoms with E-state index in [0.717, 1.165) is 10.8 Å². The number of quaternary nitrogens is 1. The highest BCUT2D eigenvalue weighted by Crippen LogP contribution is 2.24. The number of unbranched alkanes of at least 4 members (excludes halogenated alkanes) is 1. The van der Waals surface area contributed by atoms with Gasteiger partial charge in [0.1, 0.15) is 60.4 Å². The minimum atomic E-state index is -1.96. The Morgan fingerprint density at radius 3 is 1.41 bits per heavy atom. The maximum atomic E-state index is 15.6. The summed E-state index contributed by atoms with van der Waals surface area (Å²) in [5, 5.41) is 45.9. The predicted molar refractivity (Wildman–Crippen MR) is 456 cm³/mol. The Morgan fingerprint density at radius 2 is 0.935 bits per heavy atom. The number of nitrogens with one attached hydrogen (secondary N) is 12. The quantitative estimate of drug-likeness (QED) is 0.0164. The fraction of sp³-hybridized carbons (Fsp3) is 0.424. The lowest BCUT2D eigenvalue weighted by molar-refractivity contribution is -0.897. The van der Waals surface area contributed by atoms with E-state index in [0.29, 0.717) is 53.1 Å². The van der Waals surface area contributed by atoms with Crippen molar-refractivity contribution in [1.29, 1.82) is 0 Å². The topological polar surface area (TPSA) is 584 Å². The number of anilines is 2. The molecule has 37 nitrogen and oxygen atoms in total. The second-order valence-electron chi connectivity index (χ2n) is 31.4. The minimum Gasteiger partial charge on any atom is -0.394 e. The van der Waals surface area contributed by atoms with Crippen molar-refractivity contribution in [3.8, 4) is 0 Å². The van der Waals surface area contributed by atoms with Gasteiger partial charge in [-0.1, -0.05) is 124 Å². The molecule has 7 rings (SSSR count). The first-order valence-corrected chi connectivity index (χ1v) is 40.7. The molecular weight excluding hydrogens is 1610 g/mol. The summed E-state index contributed by atoms with van der Waals surface area (Å²) in [6.45, 7) is 6.84. The molecule has 1 aromatic heterocycles. The highest BCUT2D eigenvalue weighted by atomic mass is 35.5. The number of aliphatic hydroxyl groups excluding tert-OH is 1. The van der Waals surface area contributed by atoms with Crippen LogP contribution in [0.2, 0.25) is 5.02 Å². The lowest BCUT2D eigenvalue weighted by atomic mass is 9.99. The van der Waals surface area contributed by atoms with Crippen LogP contribution in [0.25, 0.3) is 10.8 Å². The number of nitrogens with zero attached hydrogens (tertiary/aromatic N) is 3. The summed E-state index contributed by atoms with van der Waals surface area (Å²) < 4.78 is -0.859. The van der Waals surface area contributed by atoms with Gasteiger partial charge >= 0.3 is 6.03 Å². The van der Waals surface area contributed by atoms with Crippen LogP contribution in [-0.2, 0) is 104 Å². The van der Waals surface area contributed by atoms with Crippen molar-refractivity contribution in [2.24, 2.45) is 34.6 Å². The summed E-state index contributed by atoms with van der Waals surface area (Å²) in [6.07, 6.45) is 3.12. The molecule has 1 aliphatic rings. The van der Waals surface area contributed by atoms with E-state index in [1.807, 2.05) is 50.2 Å². The van der Waals surface area contributed by atoms with Gasteiger partial charge in [0.05, 0.1) is 6.61 Å². The standard InChI is InChI=1S/C85H111ClN20O17/c1-48(2)35-63(76(114)98-62(16-9-10-33-93-49(3)4)84(122)105-34-12-17-70(105)83(121)94-50(5)75(90)113)99-78(116)66(38-54-23-30-61(31-24-54)97-85(91)123)101-80(118)67(39-53-21-28-60(29-22-53)96-74(112)46-106(43-71(87)109,44-72(88)110)45-73(89)111)103-82(120)69(47-107)104-81(119)68(41-56-13-11-32-92-42-56)102-79(117)65(37-52-19-26-59(86)27-20-52)100-77(115)64(95-51(6)108)40-55-18-25-57-14-7-8-15-58(57)36-55/h7-8,11,13-15,18-32,36,42,48-50,62-70,93,107H,9-10,12,16-17,33-35,37-41,43-47H2,1-6H3,(H20-,87,88,89,90,91,94,95,96,97,98,99,100,101,102,103,104,108,109,110,111,112,113,114,115,116,117,118,119,120,121,123)/p+1/t50-,62+,63+,64-,65-,66-,67+,68-,69+,70+/m1/s1. The van der Waals surface area contributed by atoms with Gasteiger partial charge in [-0.3, -0.25) is 81.4 Å². The van der Waals surface area contributed by atoms with Crippen LogP contribution in [0.1, 0.15) is 108 Å². The number of likely N-dealkylation sites (tertiary alicyclic amines) is 1. The highest BCUT2D eigenvalue weighted by Gasteiger charge is 2.42. The van der Waals surface area contributed by atoms with E-state index in [4.69, 9.17) is 40.3 Å². The number of carbonyl (C=O) groups is 16. The Kier molecular flexibility index (Phi) is 37.3. The van der Waals surface area contributed by atoms with E-state index < -0.39 is 199 Å². The van der Waals surface area contributed by atoms with Crippen LogP contribution in [0.5, 0.6) is 0 Å². The Balaban J connectivity index is 1.24. The number of hydrogen-bond acceptors (Lipinski definition) is 19. The number of rotatable bonds is 48. The Bertz CT molecular complexity index is 4700. The lowest BCUT2D eigenvalue weighted by Gasteiger charge is -2.34. The average molecular weight is 1720 g/mol. The zero-order chi connectivity index (χ0) is 90.2. The van der Waals surface area contributed by atoms with Gasteiger partial charge in [0.15, 0.2) is 26.2 Å². The van der Waals surface area contributed by atoms with E-state index in [1.54, 1.807) is 56.3 Å². The maximum absolute atomic E-state index is 15.6. The molecule has 0 unspecified atom stereocenters. The Hall–Kier alpha value is -13.0. The van der Waals surface area contributed by atoms with Crippen molar-refractivity contribution in [1.82, 2.24) is 63.1 Å². The van der Waals surface area contributed by atoms with Gasteiger partial charge in [0.2, 0.25) is 65.0 Å². The minimum absolute atomic E-state index is 0.0109. The molecule has 17 amide bonds. The molecule has 1 aliphatic heterocycles. The number of fused-ring (bicyclic) bond motifs is 1. The zero-order valence-corrected chi connectivity index (χ0v) is 70.3. The van der Waals surface area contributed by atoms with Gasteiger partial charge < -0.3 is 102 Å². The number of primary amides is 5. The van der Waals surface area contributed by atoms with Gasteiger partial charge in [0.25, 0.3) is 23.6 Å². The molecule has 0 spiro atoms. The number of aromatic nitrogens is 1. The molecular formula is C85H112ClN20O17+. The van der Waals surface area contributed by atoms with E-state index in [1.165, 1.54) is 79.7 Å². The first-order chi connectivity index (χ1) is 58.3. The Labute approximate surface area is 716 Å². The predicted octanol–water partition coefficient (Wildman–Crippen LogP) is -0.811. The van der Waals surface area contributed by atoms with E-state index in [2.05, 4.69) is 68.8 Å². The molecule has 5 aromatic carbocycles. The summed E-state index contributed by atoms with van der Waals surface area (Å²) in [6, 6.07) is 18.7. The summed E-state index contributed by atoms with van der Waals surface area (Å²) in [5.74, 6) is -13.6. The molecule has 660 valence electrons. The van der Waals surface area contributed by atoms with Gasteiger partial charge in [-0.2, -0.15) is 0 Å². The monoisotopic (exact) mass is 1720 g/mol. The maximum Gasteiger partial charge on any atom is 0.316 e. The molecule has 2 heterocycles. The number of nitrogens with two attached hydrogens (primary N) is 5. The van der Waals surface area contributed by atoms with Crippen molar-refractivity contribution < 1.29 is 86.3 Å². The number of halogens is 1. The van der Waals surface area contributed by atoms with Gasteiger partial charge in [-0.15, -0.1) is 0 Å². The summed E-state index contributed by atoms with van der Waals surface area (Å²) in [4.78, 5) is 227. The van der Waals surface area contributed by atoms with E-state index in [9.17, 15) is 53.1 Å². The van der Waals surface area contributed by atoms with Crippen molar-refractivity contribution in [2.45, 2.75) is 179 Å². The molecule has 1 saturated heterocycles. The number of carbonyl (C=O) groups excluding carboxylic acids is 16. The number of urea groups is 1. The molecule has 0 bridgehead atoms. The molecule has 38 heteroatoms. The molecule has 123 heavy (non-hydrogen) atoms. The third-order valence-corrected chi connectivity index (χ3v) is 20.4. The van der Waals surface area contributed by atoms with Gasteiger partial charge in [-0.05, 0) is 139 Å². The second-order valence-corrected chi connectivity index (χ2v) is 31.9. The fourth-order valence-electron chi connectivity index (χ4n) is 14.2. The van der Waals surface area contributed by atoms with E-state index in [-0.39, 0.29) is 80.4 Å². The number of aliphatic hydroxyl groups is 1. The summed E-state index contributed by atoms with van der Waals surface area (Å²) >= 11 is 6.27. The second kappa shape index (κ2) is 47.3. The van der Waals surface area contributed by atoms with E-state index >= 15 is 28.8 Å². The SMILES string of the molecule is CC(=O)N[C@H](Cc1ccc2ccccc2c1)C(=O)N[C@H](Cc1ccc(Cl)cc1)C(=O)N[C@H](Cc1cccnc1)C(=O)N[C@@H](CO)C(=O)N[C@@H](Cc1ccc(NC(=O)C[N+](CC(N)=O)(CC(N)=O)CC(N)=O)cc1)C(=O)N[C@H](Cc1ccc(NC(N)=O)cc1)C(=O)N[C@@H](CC(C)C)C(=O)N[C@@H](CCCCNC(C)C)C(=O)N1CCC[C@H]1C(=O)N[C@H](C)C(N)=O. The first kappa shape index (κ1) is 97.1. The number of benzene rings is 5. The smallest absolute Gasteiger partial charge is 0.316 e. The first-order valence-electron chi connectivity index (χ1n) is 40.3. The van der Waals surface area contributed by atoms with Crippen molar-refractivity contribution in [3.05, 3.63) is 173 Å². The number of hydrogen-bond donors (Lipinski definition) is 18. The molecule has 23 N–H and O–H groups in total. The molecule has 6 aromatic rings. The van der Waals surface area contributed by atoms with Crippen LogP contribution in [0.4, 0.5) is 16.2 Å². The molecule has 0 saturated carbocycles. The van der Waals surface area contributed by atoms with Crippen molar-refractivity contribution >= 4 is 128 Å². The van der Waals surface area contributed by atoms with Crippen molar-refractivity contribution in [3.63, 3.8) is 0 Å². The number of pyridine rings is 1. The van der Waals surface area contributed by atoms with Crippen LogP contribution in [-0.4, -0.2) is 226 Å². The van der Waals surface area contributed by atoms with Gasteiger partial charge in [-0.25, -0.2) is 4.79 Å². The highest BCUT2D eigenvalue weighted by molar-refractivity contribution is 6.30. The fourth-order valence-corrected chi connectivity index (χ4v) is 14.3. The Morgan fingerprint density at radius 1 is 0.488 bits per heavy atom. The van der Waals surface area contributed by atoms with Crippen molar-refractivity contribution in [2.75, 3.05) is 56.5 Å². The molecule has 0 aliphatic carbocycles. The molecule has 1 fully saturated rings. The van der Waals surface area contributed by atoms with Gasteiger partial charge in [0, 0.05) is 80.4 Å². The lowest BCUT2D eigenvalue weighted by Crippen LogP contribution is -2.62. The van der Waals surface area contributed by atoms with Crippen LogP contribution in [0.3, 0.4) is 0 Å². The largest absolute Gasteiger partial charge is 0.394 e. The van der Waals surface area contributed by atoms with Crippen LogP contribution in [0, 0.1) is 5.92 Å². The molecule has 10 atom stereocenters. The van der Waals surface area contributed by atoms with Crippen LogP contribution >= 0.6 is 11.6 Å². The van der Waals surface area contributed by atoms with Crippen LogP contribution < -0.4 is 92.5 Å². The normalized spacial score (nSPS) is 14.7. The number of amides is 17.